The third kappa shape index (κ3) is 9.63. The first-order chi connectivity index (χ1) is 15.1. The van der Waals surface area contributed by atoms with Crippen LogP contribution in [-0.4, -0.2) is 50.1 Å². The van der Waals surface area contributed by atoms with Gasteiger partial charge in [-0.25, -0.2) is 4.79 Å². The van der Waals surface area contributed by atoms with E-state index in [4.69, 9.17) is 14.4 Å². The number of aromatic hydroxyl groups is 1. The normalized spacial score (nSPS) is 12.6. The number of guanidine groups is 1. The van der Waals surface area contributed by atoms with Crippen LogP contribution in [0.25, 0.3) is 0 Å². The molecule has 3 N–H and O–H groups in total. The number of ether oxygens (including phenoxy) is 1. The molecule has 0 fully saturated rings. The number of hydrogen-bond acceptors (Lipinski definition) is 6. The molecule has 1 aromatic rings. The Bertz CT molecular complexity index is 924. The van der Waals surface area contributed by atoms with Crippen molar-refractivity contribution in [3.05, 3.63) is 29.3 Å². The van der Waals surface area contributed by atoms with Gasteiger partial charge in [-0.15, -0.1) is 0 Å². The molecule has 1 aromatic carbocycles. The summed E-state index contributed by atoms with van der Waals surface area (Å²) in [7, 11) is -1.88. The van der Waals surface area contributed by atoms with Crippen molar-refractivity contribution in [2.45, 2.75) is 71.7 Å². The van der Waals surface area contributed by atoms with Crippen molar-refractivity contribution in [1.82, 2.24) is 10.6 Å². The average Bonchev–Trinajstić information content (AvgIpc) is 2.65. The van der Waals surface area contributed by atoms with E-state index in [9.17, 15) is 14.7 Å². The number of phenolic OH excluding ortho intramolecular Hbond substituents is 1. The van der Waals surface area contributed by atoms with Crippen molar-refractivity contribution >= 4 is 26.3 Å². The van der Waals surface area contributed by atoms with Crippen molar-refractivity contribution in [2.75, 3.05) is 13.2 Å². The van der Waals surface area contributed by atoms with Gasteiger partial charge in [-0.1, -0.05) is 20.8 Å². The Hall–Kier alpha value is -2.90. The lowest BCUT2D eigenvalue weighted by molar-refractivity contribution is 0.0561. The standard InChI is InChI=1S/C23H36N4O5Si/c1-22(2,3)32-21(30)27-20(25-12-9-13-31-33(7,8)23(4,5)6)26-19(29)17-14-16(15-24)10-11-18(17)28/h10-11,14,28H,9,12-13H2,1-8H3,(H2,25,26,27,29,30). The molecule has 182 valence electrons. The summed E-state index contributed by atoms with van der Waals surface area (Å²) < 4.78 is 11.4. The highest BCUT2D eigenvalue weighted by Gasteiger charge is 2.36. The zero-order valence-corrected chi connectivity index (χ0v) is 21.8. The molecule has 0 aliphatic carbocycles. The number of hydrogen-bond donors (Lipinski definition) is 3. The van der Waals surface area contributed by atoms with Crippen LogP contribution in [-0.2, 0) is 9.16 Å². The van der Waals surface area contributed by atoms with Crippen molar-refractivity contribution < 1.29 is 23.9 Å². The number of amides is 2. The second kappa shape index (κ2) is 11.3. The SMILES string of the molecule is CC(C)(C)OC(=O)N/C(=N\C(=O)c1cc(C#N)ccc1O)NCCCO[Si](C)(C)C(C)(C)C. The minimum absolute atomic E-state index is 0.0949. The fourth-order valence-corrected chi connectivity index (χ4v) is 3.36. The van der Waals surface area contributed by atoms with Crippen molar-refractivity contribution in [2.24, 2.45) is 4.99 Å². The first-order valence-corrected chi connectivity index (χ1v) is 13.7. The van der Waals surface area contributed by atoms with Crippen LogP contribution in [0.15, 0.2) is 23.2 Å². The van der Waals surface area contributed by atoms with Crippen LogP contribution in [0.4, 0.5) is 4.79 Å². The Balaban J connectivity index is 2.93. The van der Waals surface area contributed by atoms with Crippen LogP contribution in [0.1, 0.15) is 63.9 Å². The van der Waals surface area contributed by atoms with E-state index in [2.05, 4.69) is 49.5 Å². The highest BCUT2D eigenvalue weighted by atomic mass is 28.4. The molecule has 2 amide bonds. The lowest BCUT2D eigenvalue weighted by Gasteiger charge is -2.36. The van der Waals surface area contributed by atoms with Gasteiger partial charge in [0.25, 0.3) is 5.91 Å². The smallest absolute Gasteiger partial charge is 0.414 e. The van der Waals surface area contributed by atoms with E-state index in [0.29, 0.717) is 19.6 Å². The van der Waals surface area contributed by atoms with Crippen molar-refractivity contribution in [3.8, 4) is 11.8 Å². The number of phenols is 1. The number of nitrogens with zero attached hydrogens (tertiary/aromatic N) is 2. The quantitative estimate of drug-likeness (QED) is 0.241. The average molecular weight is 477 g/mol. The van der Waals surface area contributed by atoms with Gasteiger partial charge >= 0.3 is 6.09 Å². The molecule has 33 heavy (non-hydrogen) atoms. The summed E-state index contributed by atoms with van der Waals surface area (Å²) in [6.07, 6.45) is -0.167. The third-order valence-electron chi connectivity index (χ3n) is 5.07. The molecular formula is C23H36N4O5Si. The third-order valence-corrected chi connectivity index (χ3v) is 9.61. The zero-order valence-electron chi connectivity index (χ0n) is 20.8. The molecule has 0 aromatic heterocycles. The molecule has 0 bridgehead atoms. The van der Waals surface area contributed by atoms with E-state index in [1.165, 1.54) is 18.2 Å². The van der Waals surface area contributed by atoms with Crippen molar-refractivity contribution in [3.63, 3.8) is 0 Å². The highest BCUT2D eigenvalue weighted by Crippen LogP contribution is 2.36. The molecule has 0 spiro atoms. The lowest BCUT2D eigenvalue weighted by Crippen LogP contribution is -2.45. The van der Waals surface area contributed by atoms with Crippen LogP contribution in [0.3, 0.4) is 0 Å². The topological polar surface area (TPSA) is 133 Å². The first kappa shape index (κ1) is 28.1. The molecule has 1 rings (SSSR count). The van der Waals surface area contributed by atoms with Gasteiger partial charge in [-0.05, 0) is 63.5 Å². The number of carbonyl (C=O) groups is 2. The van der Waals surface area contributed by atoms with E-state index in [0.717, 1.165) is 0 Å². The maximum Gasteiger partial charge on any atom is 0.414 e. The molecule has 0 aliphatic rings. The second-order valence-corrected chi connectivity index (χ2v) is 14.9. The maximum absolute atomic E-state index is 12.6. The monoisotopic (exact) mass is 476 g/mol. The molecule has 0 saturated heterocycles. The number of aliphatic imine (C=N–C) groups is 1. The molecule has 0 atom stereocenters. The van der Waals surface area contributed by atoms with Gasteiger partial charge in [0.05, 0.1) is 17.2 Å². The maximum atomic E-state index is 12.6. The summed E-state index contributed by atoms with van der Waals surface area (Å²) in [4.78, 5) is 28.7. The number of nitrogens with one attached hydrogen (secondary N) is 2. The van der Waals surface area contributed by atoms with Crippen LogP contribution in [0, 0.1) is 11.3 Å². The first-order valence-electron chi connectivity index (χ1n) is 10.8. The van der Waals surface area contributed by atoms with Gasteiger partial charge in [0.1, 0.15) is 11.4 Å². The number of nitriles is 1. The molecule has 10 heteroatoms. The summed E-state index contributed by atoms with van der Waals surface area (Å²) >= 11 is 0. The Morgan fingerprint density at radius 2 is 1.82 bits per heavy atom. The molecule has 0 aliphatic heterocycles. The fourth-order valence-electron chi connectivity index (χ4n) is 2.27. The zero-order chi connectivity index (χ0) is 25.4. The summed E-state index contributed by atoms with van der Waals surface area (Å²) in [5, 5.41) is 24.5. The van der Waals surface area contributed by atoms with E-state index in [-0.39, 0.29) is 27.9 Å². The number of benzene rings is 1. The molecule has 0 radical (unpaired) electrons. The minimum atomic E-state index is -1.88. The Kier molecular flexibility index (Phi) is 9.63. The van der Waals surface area contributed by atoms with Gasteiger partial charge in [0.2, 0.25) is 5.96 Å². The largest absolute Gasteiger partial charge is 0.507 e. The fraction of sp³-hybridized carbons (Fsp3) is 0.565. The molecular weight excluding hydrogens is 440 g/mol. The number of rotatable bonds is 6. The van der Waals surface area contributed by atoms with Gasteiger partial charge in [-0.2, -0.15) is 10.3 Å². The summed E-state index contributed by atoms with van der Waals surface area (Å²) in [6, 6.07) is 5.77. The van der Waals surface area contributed by atoms with Gasteiger partial charge in [0.15, 0.2) is 8.32 Å². The van der Waals surface area contributed by atoms with Crippen LogP contribution < -0.4 is 10.6 Å². The van der Waals surface area contributed by atoms with Crippen LogP contribution in [0.5, 0.6) is 5.75 Å². The van der Waals surface area contributed by atoms with Gasteiger partial charge in [-0.3, -0.25) is 10.1 Å². The Morgan fingerprint density at radius 1 is 1.18 bits per heavy atom. The van der Waals surface area contributed by atoms with Gasteiger partial charge in [0, 0.05) is 13.2 Å². The predicted molar refractivity (Wildman–Crippen MR) is 130 cm³/mol. The summed E-state index contributed by atoms with van der Waals surface area (Å²) in [5.74, 6) is -1.26. The van der Waals surface area contributed by atoms with Gasteiger partial charge < -0.3 is 19.6 Å². The molecule has 0 unspecified atom stereocenters. The van der Waals surface area contributed by atoms with E-state index < -0.39 is 25.9 Å². The molecule has 0 saturated carbocycles. The minimum Gasteiger partial charge on any atom is -0.507 e. The predicted octanol–water partition coefficient (Wildman–Crippen LogP) is 4.29. The van der Waals surface area contributed by atoms with Crippen LogP contribution in [0.2, 0.25) is 18.1 Å². The Morgan fingerprint density at radius 3 is 2.36 bits per heavy atom. The lowest BCUT2D eigenvalue weighted by atomic mass is 10.1. The second-order valence-electron chi connectivity index (χ2n) is 10.1. The number of carbonyl (C=O) groups excluding carboxylic acids is 2. The molecule has 9 nitrogen and oxygen atoms in total. The van der Waals surface area contributed by atoms with E-state index >= 15 is 0 Å². The van der Waals surface area contributed by atoms with E-state index in [1.54, 1.807) is 20.8 Å². The summed E-state index contributed by atoms with van der Waals surface area (Å²) in [6.45, 7) is 16.8. The highest BCUT2D eigenvalue weighted by molar-refractivity contribution is 6.74. The molecule has 0 heterocycles. The van der Waals surface area contributed by atoms with E-state index in [1.807, 2.05) is 6.07 Å². The summed E-state index contributed by atoms with van der Waals surface area (Å²) in [5.41, 5.74) is -0.695. The van der Waals surface area contributed by atoms with Crippen LogP contribution >= 0.6 is 0 Å². The number of alkyl carbamates (subject to hydrolysis) is 1. The Labute approximate surface area is 197 Å². The van der Waals surface area contributed by atoms with Crippen molar-refractivity contribution in [1.29, 1.82) is 5.26 Å².